The number of carbonyl (C=O) groups excluding carboxylic acids is 1. The highest BCUT2D eigenvalue weighted by Crippen LogP contribution is 2.32. The van der Waals surface area contributed by atoms with Gasteiger partial charge in [0.15, 0.2) is 5.71 Å². The lowest BCUT2D eigenvalue weighted by Gasteiger charge is -2.20. The number of hydrogen-bond acceptors (Lipinski definition) is 7. The minimum absolute atomic E-state index is 0.0166. The third-order valence-corrected chi connectivity index (χ3v) is 4.41. The molecule has 0 saturated carbocycles. The van der Waals surface area contributed by atoms with Crippen molar-refractivity contribution in [2.75, 3.05) is 33.2 Å². The summed E-state index contributed by atoms with van der Waals surface area (Å²) in [5, 5.41) is 6.49. The van der Waals surface area contributed by atoms with Crippen LogP contribution in [0.4, 0.5) is 5.82 Å². The molecule has 0 radical (unpaired) electrons. The van der Waals surface area contributed by atoms with E-state index >= 15 is 0 Å². The van der Waals surface area contributed by atoms with E-state index in [-0.39, 0.29) is 11.6 Å². The monoisotopic (exact) mass is 419 g/mol. The molecule has 1 aromatic heterocycles. The predicted molar refractivity (Wildman–Crippen MR) is 121 cm³/mol. The Hall–Kier alpha value is -3.94. The number of nitrogens with zero attached hydrogens (tertiary/aromatic N) is 4. The minimum atomic E-state index is -0.444. The van der Waals surface area contributed by atoms with Crippen LogP contribution in [0.5, 0.6) is 11.6 Å². The van der Waals surface area contributed by atoms with E-state index in [1.807, 2.05) is 68.7 Å². The summed E-state index contributed by atoms with van der Waals surface area (Å²) in [6.45, 7) is 1.76. The zero-order chi connectivity index (χ0) is 22.4. The van der Waals surface area contributed by atoms with Gasteiger partial charge in [0, 0.05) is 21.1 Å². The zero-order valence-corrected chi connectivity index (χ0v) is 18.2. The fourth-order valence-corrected chi connectivity index (χ4v) is 3.03. The second kappa shape index (κ2) is 9.71. The highest BCUT2D eigenvalue weighted by Gasteiger charge is 2.27. The molecule has 8 nitrogen and oxygen atoms in total. The molecule has 1 heterocycles. The van der Waals surface area contributed by atoms with Gasteiger partial charge >= 0.3 is 0 Å². The zero-order valence-electron chi connectivity index (χ0n) is 18.2. The molecule has 0 fully saturated rings. The molecule has 0 aliphatic heterocycles. The van der Waals surface area contributed by atoms with Crippen LogP contribution in [0.3, 0.4) is 0 Å². The van der Waals surface area contributed by atoms with Gasteiger partial charge in [-0.25, -0.2) is 4.98 Å². The first-order chi connectivity index (χ1) is 14.9. The number of oxime groups is 1. The summed E-state index contributed by atoms with van der Waals surface area (Å²) in [5.74, 6) is 1.32. The Labute approximate surface area is 181 Å². The molecule has 0 atom stereocenters. The van der Waals surface area contributed by atoms with Crippen molar-refractivity contribution in [3.63, 3.8) is 0 Å². The van der Waals surface area contributed by atoms with Gasteiger partial charge in [-0.3, -0.25) is 4.79 Å². The van der Waals surface area contributed by atoms with Crippen LogP contribution < -0.4 is 15.0 Å². The van der Waals surface area contributed by atoms with Crippen molar-refractivity contribution in [2.24, 2.45) is 5.16 Å². The SMILES string of the molecule is CNC(=O)C(=NOC)c1c(Oc2cccc(-c3ccccc3)c2)nc(C)nc1N(C)C. The highest BCUT2D eigenvalue weighted by atomic mass is 16.6. The summed E-state index contributed by atoms with van der Waals surface area (Å²) in [6.07, 6.45) is 0. The molecule has 160 valence electrons. The fraction of sp³-hybridized carbons (Fsp3) is 0.217. The molecule has 0 unspecified atom stereocenters. The van der Waals surface area contributed by atoms with Crippen molar-refractivity contribution >= 4 is 17.4 Å². The number of nitrogens with one attached hydrogen (secondary N) is 1. The fourth-order valence-electron chi connectivity index (χ4n) is 3.03. The van der Waals surface area contributed by atoms with Crippen LogP contribution in [0.2, 0.25) is 0 Å². The lowest BCUT2D eigenvalue weighted by atomic mass is 10.1. The predicted octanol–water partition coefficient (Wildman–Crippen LogP) is 3.41. The van der Waals surface area contributed by atoms with Gasteiger partial charge in [0.2, 0.25) is 5.88 Å². The van der Waals surface area contributed by atoms with Gasteiger partial charge in [0.05, 0.1) is 0 Å². The average Bonchev–Trinajstić information content (AvgIpc) is 2.78. The van der Waals surface area contributed by atoms with Crippen molar-refractivity contribution < 1.29 is 14.4 Å². The van der Waals surface area contributed by atoms with Crippen molar-refractivity contribution in [2.45, 2.75) is 6.92 Å². The highest BCUT2D eigenvalue weighted by molar-refractivity contribution is 6.46. The number of aryl methyl sites for hydroxylation is 1. The third-order valence-electron chi connectivity index (χ3n) is 4.41. The topological polar surface area (TPSA) is 88.9 Å². The second-order valence-electron chi connectivity index (χ2n) is 6.87. The molecule has 2 aromatic carbocycles. The molecule has 31 heavy (non-hydrogen) atoms. The van der Waals surface area contributed by atoms with Crippen LogP contribution in [0, 0.1) is 6.92 Å². The Kier molecular flexibility index (Phi) is 6.81. The van der Waals surface area contributed by atoms with E-state index in [9.17, 15) is 4.79 Å². The number of anilines is 1. The number of benzene rings is 2. The molecular formula is C23H25N5O3. The van der Waals surface area contributed by atoms with Gasteiger partial charge in [-0.15, -0.1) is 0 Å². The minimum Gasteiger partial charge on any atom is -0.438 e. The van der Waals surface area contributed by atoms with E-state index in [0.29, 0.717) is 23.0 Å². The Bertz CT molecular complexity index is 1100. The van der Waals surface area contributed by atoms with Gasteiger partial charge in [-0.1, -0.05) is 47.6 Å². The van der Waals surface area contributed by atoms with E-state index in [0.717, 1.165) is 11.1 Å². The summed E-state index contributed by atoms with van der Waals surface area (Å²) >= 11 is 0. The second-order valence-corrected chi connectivity index (χ2v) is 6.87. The number of aromatic nitrogens is 2. The molecule has 1 N–H and O–H groups in total. The molecule has 0 bridgehead atoms. The standard InChI is InChI=1S/C23H25N5O3/c1-15-25-21(28(3)4)19(20(27-30-5)22(29)24-2)23(26-15)31-18-13-9-12-17(14-18)16-10-7-6-8-11-16/h6-14H,1-5H3,(H,24,29). The summed E-state index contributed by atoms with van der Waals surface area (Å²) in [7, 11) is 6.53. The summed E-state index contributed by atoms with van der Waals surface area (Å²) < 4.78 is 6.17. The molecule has 0 saturated heterocycles. The lowest BCUT2D eigenvalue weighted by molar-refractivity contribution is -0.114. The number of ether oxygens (including phenoxy) is 1. The molecule has 3 rings (SSSR count). The van der Waals surface area contributed by atoms with E-state index in [4.69, 9.17) is 9.57 Å². The first-order valence-corrected chi connectivity index (χ1v) is 9.67. The molecular weight excluding hydrogens is 394 g/mol. The van der Waals surface area contributed by atoms with Crippen LogP contribution in [-0.4, -0.2) is 49.8 Å². The Morgan fingerprint density at radius 1 is 1.03 bits per heavy atom. The number of carbonyl (C=O) groups is 1. The van der Waals surface area contributed by atoms with Crippen LogP contribution >= 0.6 is 0 Å². The Morgan fingerprint density at radius 3 is 2.39 bits per heavy atom. The van der Waals surface area contributed by atoms with Crippen LogP contribution in [-0.2, 0) is 9.63 Å². The van der Waals surface area contributed by atoms with Crippen molar-refractivity contribution in [3.05, 3.63) is 66.0 Å². The number of hydrogen-bond donors (Lipinski definition) is 1. The van der Waals surface area contributed by atoms with Crippen LogP contribution in [0.25, 0.3) is 11.1 Å². The molecule has 0 aliphatic rings. The van der Waals surface area contributed by atoms with Crippen LogP contribution in [0.1, 0.15) is 11.4 Å². The van der Waals surface area contributed by atoms with Crippen LogP contribution in [0.15, 0.2) is 59.8 Å². The smallest absolute Gasteiger partial charge is 0.274 e. The number of likely N-dealkylation sites (N-methyl/N-ethyl adjacent to an activating group) is 1. The summed E-state index contributed by atoms with van der Waals surface area (Å²) in [6, 6.07) is 17.6. The molecule has 8 heteroatoms. The maximum absolute atomic E-state index is 12.6. The van der Waals surface area contributed by atoms with Crippen molar-refractivity contribution in [3.8, 4) is 22.8 Å². The molecule has 3 aromatic rings. The molecule has 0 spiro atoms. The summed E-state index contributed by atoms with van der Waals surface area (Å²) in [5.41, 5.74) is 2.41. The third kappa shape index (κ3) is 4.98. The molecule has 1 amide bonds. The van der Waals surface area contributed by atoms with E-state index in [1.54, 1.807) is 11.8 Å². The van der Waals surface area contributed by atoms with Crippen molar-refractivity contribution in [1.82, 2.24) is 15.3 Å². The lowest BCUT2D eigenvalue weighted by Crippen LogP contribution is -2.31. The van der Waals surface area contributed by atoms with E-state index in [1.165, 1.54) is 14.2 Å². The average molecular weight is 419 g/mol. The van der Waals surface area contributed by atoms with Gasteiger partial charge in [0.25, 0.3) is 5.91 Å². The van der Waals surface area contributed by atoms with Crippen molar-refractivity contribution in [1.29, 1.82) is 0 Å². The first-order valence-electron chi connectivity index (χ1n) is 9.67. The Balaban J connectivity index is 2.13. The number of rotatable bonds is 7. The van der Waals surface area contributed by atoms with E-state index < -0.39 is 5.91 Å². The maximum atomic E-state index is 12.6. The molecule has 0 aliphatic carbocycles. The van der Waals surface area contributed by atoms with Gasteiger partial charge in [0.1, 0.15) is 30.1 Å². The number of amides is 1. The first kappa shape index (κ1) is 21.8. The van der Waals surface area contributed by atoms with Gasteiger partial charge in [-0.05, 0) is 30.2 Å². The van der Waals surface area contributed by atoms with Gasteiger partial charge in [-0.2, -0.15) is 4.98 Å². The largest absolute Gasteiger partial charge is 0.438 e. The normalized spacial score (nSPS) is 11.1. The quantitative estimate of drug-likeness (QED) is 0.466. The maximum Gasteiger partial charge on any atom is 0.274 e. The summed E-state index contributed by atoms with van der Waals surface area (Å²) in [4.78, 5) is 28.2. The van der Waals surface area contributed by atoms with E-state index in [2.05, 4.69) is 20.4 Å². The van der Waals surface area contributed by atoms with Gasteiger partial charge < -0.3 is 19.8 Å². The Morgan fingerprint density at radius 2 is 1.74 bits per heavy atom.